The summed E-state index contributed by atoms with van der Waals surface area (Å²) in [4.78, 5) is 2.74. The van der Waals surface area contributed by atoms with Gasteiger partial charge in [-0.1, -0.05) is 199 Å². The first-order valence-corrected chi connectivity index (χ1v) is 37.0. The number of hydrogen-bond acceptors (Lipinski definition) is 4. The van der Waals surface area contributed by atoms with Gasteiger partial charge in [-0.2, -0.15) is 0 Å². The topological polar surface area (TPSA) is 24.9 Å². The second-order valence-corrected chi connectivity index (χ2v) is 30.8. The first-order chi connectivity index (χ1) is 54.4. The highest BCUT2D eigenvalue weighted by Crippen LogP contribution is 2.66. The van der Waals surface area contributed by atoms with Crippen molar-refractivity contribution in [3.05, 3.63) is 428 Å². The predicted molar refractivity (Wildman–Crippen MR) is 426 cm³/mol. The van der Waals surface area contributed by atoms with Crippen LogP contribution in [-0.2, 0) is 27.1 Å². The highest BCUT2D eigenvalue weighted by atomic mass is 19.2. The Balaban J connectivity index is 0.817. The van der Waals surface area contributed by atoms with Crippen LogP contribution < -0.4 is 19.3 Å². The number of halogens is 10. The maximum Gasteiger partial charge on any atom is 0.199 e. The lowest BCUT2D eigenvalue weighted by Gasteiger charge is -2.35. The number of hydrogen-bond donors (Lipinski definition) is 0. The fraction of sp³-hybridized carbons (Fsp3) is 0.111. The van der Waals surface area contributed by atoms with E-state index in [2.05, 4.69) is 40.9 Å². The molecule has 2 unspecified atom stereocenters. The number of nitrogens with zero attached hydrogens (tertiary/aromatic N) is 2. The Morgan fingerprint density at radius 2 is 0.593 bits per heavy atom. The van der Waals surface area contributed by atoms with Crippen LogP contribution >= 0.6 is 0 Å². The molecule has 2 atom stereocenters. The second-order valence-electron chi connectivity index (χ2n) is 30.8. The van der Waals surface area contributed by atoms with Crippen molar-refractivity contribution in [2.75, 3.05) is 9.80 Å². The average Bonchev–Trinajstić information content (AvgIpc) is 1.54. The van der Waals surface area contributed by atoms with Gasteiger partial charge in [0.05, 0.1) is 22.2 Å². The zero-order valence-electron chi connectivity index (χ0n) is 61.5. The van der Waals surface area contributed by atoms with Crippen LogP contribution in [0.1, 0.15) is 118 Å². The van der Waals surface area contributed by atoms with E-state index in [9.17, 15) is 0 Å². The molecule has 18 rings (SSSR count). The van der Waals surface area contributed by atoms with E-state index in [1.165, 1.54) is 34.1 Å². The van der Waals surface area contributed by atoms with Crippen LogP contribution in [0.5, 0.6) is 23.0 Å². The molecule has 0 amide bonds. The van der Waals surface area contributed by atoms with Crippen molar-refractivity contribution in [3.8, 4) is 45.3 Å². The quantitative estimate of drug-likeness (QED) is 0.0547. The largest absolute Gasteiger partial charge is 0.457 e. The number of anilines is 6. The smallest absolute Gasteiger partial charge is 0.199 e. The Morgan fingerprint density at radius 3 is 0.938 bits per heavy atom. The lowest BCUT2D eigenvalue weighted by atomic mass is 9.67. The molecule has 0 saturated carbocycles. The van der Waals surface area contributed by atoms with E-state index in [1.54, 1.807) is 60.7 Å². The highest BCUT2D eigenvalue weighted by Gasteiger charge is 2.57. The molecule has 1 spiro atoms. The first-order valence-electron chi connectivity index (χ1n) is 37.0. The van der Waals surface area contributed by atoms with Crippen LogP contribution in [0.15, 0.2) is 292 Å². The molecule has 0 aromatic heterocycles. The summed E-state index contributed by atoms with van der Waals surface area (Å²) in [6.07, 6.45) is 4.31. The normalized spacial score (nSPS) is 17.5. The molecular weight excluding hydrogens is 1440 g/mol. The van der Waals surface area contributed by atoms with Gasteiger partial charge in [-0.05, 0) is 245 Å². The van der Waals surface area contributed by atoms with E-state index in [0.29, 0.717) is 70.2 Å². The Labute approximate surface area is 647 Å². The molecular formula is C99H68F10N2O2. The monoisotopic (exact) mass is 1510 g/mol. The van der Waals surface area contributed by atoms with Gasteiger partial charge in [-0.3, -0.25) is 0 Å². The molecule has 14 aromatic rings. The van der Waals surface area contributed by atoms with Gasteiger partial charge < -0.3 is 19.3 Å². The summed E-state index contributed by atoms with van der Waals surface area (Å²) < 4.78 is 175. The fourth-order valence-corrected chi connectivity index (χ4v) is 18.9. The van der Waals surface area contributed by atoms with E-state index in [1.807, 2.05) is 194 Å². The molecule has 0 fully saturated rings. The lowest BCUT2D eigenvalue weighted by molar-refractivity contribution is 0.349. The maximum absolute atomic E-state index is 17.5. The van der Waals surface area contributed by atoms with Crippen LogP contribution in [0.2, 0.25) is 0 Å². The molecule has 14 aromatic carbocycles. The number of fused-ring (bicyclic) bond motifs is 10. The van der Waals surface area contributed by atoms with Crippen molar-refractivity contribution >= 4 is 46.3 Å². The Kier molecular flexibility index (Phi) is 16.9. The molecule has 0 saturated heterocycles. The van der Waals surface area contributed by atoms with Gasteiger partial charge in [0.15, 0.2) is 46.5 Å². The number of ether oxygens (including phenoxy) is 2. The fourth-order valence-electron chi connectivity index (χ4n) is 18.9. The van der Waals surface area contributed by atoms with Crippen molar-refractivity contribution in [2.45, 2.75) is 67.6 Å². The van der Waals surface area contributed by atoms with Gasteiger partial charge in [0.25, 0.3) is 0 Å². The van der Waals surface area contributed by atoms with Crippen LogP contribution in [0.4, 0.5) is 78.0 Å². The van der Waals surface area contributed by atoms with Crippen molar-refractivity contribution in [2.24, 2.45) is 0 Å². The Hall–Kier alpha value is -12.9. The second kappa shape index (κ2) is 26.6. The minimum Gasteiger partial charge on any atom is -0.457 e. The zero-order valence-corrected chi connectivity index (χ0v) is 61.5. The maximum atomic E-state index is 17.5. The average molecular weight is 1510 g/mol. The molecule has 0 radical (unpaired) electrons. The molecule has 4 aliphatic rings. The summed E-state index contributed by atoms with van der Waals surface area (Å²) in [6, 6.07) is 80.8. The molecule has 113 heavy (non-hydrogen) atoms. The Bertz CT molecular complexity index is 5860. The van der Waals surface area contributed by atoms with Crippen molar-refractivity contribution < 1.29 is 53.4 Å². The first kappa shape index (κ1) is 71.7. The van der Waals surface area contributed by atoms with Gasteiger partial charge in [-0.15, -0.1) is 0 Å². The summed E-state index contributed by atoms with van der Waals surface area (Å²) in [6.45, 7) is 16.1. The molecule has 4 nitrogen and oxygen atoms in total. The van der Waals surface area contributed by atoms with Gasteiger partial charge in [-0.25, -0.2) is 43.9 Å². The van der Waals surface area contributed by atoms with E-state index in [4.69, 9.17) is 9.47 Å². The van der Waals surface area contributed by atoms with Gasteiger partial charge in [0, 0.05) is 40.3 Å². The van der Waals surface area contributed by atoms with E-state index in [-0.39, 0.29) is 22.7 Å². The molecule has 4 aliphatic carbocycles. The lowest BCUT2D eigenvalue weighted by Crippen LogP contribution is -2.29. The predicted octanol–water partition coefficient (Wildman–Crippen LogP) is 27.3. The van der Waals surface area contributed by atoms with Crippen LogP contribution in [0.3, 0.4) is 0 Å². The third kappa shape index (κ3) is 11.2. The SMILES string of the molecule is C=Cc1ccc(Oc2ccc(C3(c4ccc(F)cc4)c4ccccc4-c4ccc(N(c5ccc6c(c5)C5(CC6(C)C)CC(C)(C)c6ccc(N(c7ccc8c(c7)C(c7ccc(F)cc7)(c7ccc(Oc9ccc(C=C)cc9)cc7)c7ccccc7-8)c7cc(F)c(F)c(F)c7F)cc65)c5cc(F)c(F)c(F)c5F)cc43)cc2)cc1. The van der Waals surface area contributed by atoms with Gasteiger partial charge in [0.1, 0.15) is 34.6 Å². The number of rotatable bonds is 16. The van der Waals surface area contributed by atoms with Crippen molar-refractivity contribution in [1.82, 2.24) is 0 Å². The molecule has 556 valence electrons. The zero-order chi connectivity index (χ0) is 78.4. The van der Waals surface area contributed by atoms with Crippen LogP contribution in [-0.4, -0.2) is 0 Å². The Morgan fingerprint density at radius 1 is 0.292 bits per heavy atom. The third-order valence-corrected chi connectivity index (χ3v) is 23.6. The molecule has 14 heteroatoms. The molecule has 0 bridgehead atoms. The van der Waals surface area contributed by atoms with Crippen LogP contribution in [0, 0.1) is 58.2 Å². The van der Waals surface area contributed by atoms with E-state index < -0.39 is 96.6 Å². The third-order valence-electron chi connectivity index (χ3n) is 23.6. The van der Waals surface area contributed by atoms with Crippen LogP contribution in [0.25, 0.3) is 34.4 Å². The van der Waals surface area contributed by atoms with E-state index >= 15 is 43.9 Å². The standard InChI is InChI=1S/C99H68F10N2O2/c1-7-57-17-37-69(38-18-57)112-71-41-25-61(26-42-71)98(59-21-29-63(100)30-22-59)77-15-11-9-13-73(77)75-45-33-65(49-81(75)98)110(87-53-85(102)89(104)93(108)91(87)106)67-35-47-79-83(51-67)97(55-95(79,3)4)56-96(5,6)80-48-36-68(52-84(80)97)111(88-54-86(103)90(105)94(109)92(88)107)66-34-46-76-74-14-10-12-16-78(74)99(82(76)50-66,60-23-31-64(101)32-24-60)62-27-43-72(44-28-62)113-70-39-19-58(8-2)20-40-70/h7-54H,1-2,55-56H2,3-6H3. The summed E-state index contributed by atoms with van der Waals surface area (Å²) >= 11 is 0. The van der Waals surface area contributed by atoms with Crippen molar-refractivity contribution in [3.63, 3.8) is 0 Å². The summed E-state index contributed by atoms with van der Waals surface area (Å²) in [5.74, 6) is -13.6. The van der Waals surface area contributed by atoms with E-state index in [0.717, 1.165) is 77.9 Å². The summed E-state index contributed by atoms with van der Waals surface area (Å²) in [5, 5.41) is 0. The van der Waals surface area contributed by atoms with Crippen molar-refractivity contribution in [1.29, 1.82) is 0 Å². The minimum absolute atomic E-state index is 0.199. The number of benzene rings is 14. The van der Waals surface area contributed by atoms with Gasteiger partial charge in [0.2, 0.25) is 0 Å². The highest BCUT2D eigenvalue weighted by molar-refractivity contribution is 5.92. The minimum atomic E-state index is -2.04. The molecule has 0 heterocycles. The summed E-state index contributed by atoms with van der Waals surface area (Å²) in [7, 11) is 0. The molecule has 0 N–H and O–H groups in total. The molecule has 0 aliphatic heterocycles. The van der Waals surface area contributed by atoms with Gasteiger partial charge >= 0.3 is 0 Å². The summed E-state index contributed by atoms with van der Waals surface area (Å²) in [5.41, 5.74) is 8.33.